The third-order valence-corrected chi connectivity index (χ3v) is 6.03. The molecule has 3 aromatic rings. The lowest BCUT2D eigenvalue weighted by atomic mass is 10.0. The van der Waals surface area contributed by atoms with E-state index in [0.717, 1.165) is 66.9 Å². The molecule has 0 spiro atoms. The van der Waals surface area contributed by atoms with Gasteiger partial charge in [-0.25, -0.2) is 0 Å². The molecule has 1 radical (unpaired) electrons. The van der Waals surface area contributed by atoms with Crippen molar-refractivity contribution in [3.8, 4) is 17.2 Å². The molecule has 3 aromatic carbocycles. The van der Waals surface area contributed by atoms with Crippen molar-refractivity contribution in [2.24, 2.45) is 0 Å². The first kappa shape index (κ1) is 21.4. The van der Waals surface area contributed by atoms with Crippen LogP contribution in [0.4, 0.5) is 5.69 Å². The van der Waals surface area contributed by atoms with Crippen LogP contribution >= 0.6 is 0 Å². The molecule has 0 saturated carbocycles. The first-order valence-corrected chi connectivity index (χ1v) is 11.6. The third kappa shape index (κ3) is 5.43. The molecule has 0 N–H and O–H groups in total. The minimum absolute atomic E-state index is 0.0888. The van der Waals surface area contributed by atoms with Crippen molar-refractivity contribution < 1.29 is 14.6 Å². The Balaban J connectivity index is 1.28. The van der Waals surface area contributed by atoms with Crippen LogP contribution in [0, 0.1) is 0 Å². The molecule has 0 bridgehead atoms. The number of hydrogen-bond acceptors (Lipinski definition) is 3. The number of hydrogen-bond donors (Lipinski definition) is 0. The predicted molar refractivity (Wildman–Crippen MR) is 126 cm³/mol. The van der Waals surface area contributed by atoms with Crippen molar-refractivity contribution >= 4 is 16.5 Å². The zero-order chi connectivity index (χ0) is 21.5. The summed E-state index contributed by atoms with van der Waals surface area (Å²) in [5, 5.41) is 14.0. The number of fused-ring (bicyclic) bond motifs is 1. The first-order chi connectivity index (χ1) is 15.2. The van der Waals surface area contributed by atoms with Gasteiger partial charge in [0.1, 0.15) is 17.6 Å². The van der Waals surface area contributed by atoms with Crippen LogP contribution in [-0.2, 0) is 5.11 Å². The Morgan fingerprint density at radius 1 is 0.839 bits per heavy atom. The summed E-state index contributed by atoms with van der Waals surface area (Å²) in [7, 11) is 0. The Bertz CT molecular complexity index is 962. The zero-order valence-electron chi connectivity index (χ0n) is 18.4. The molecule has 1 aliphatic heterocycles. The van der Waals surface area contributed by atoms with E-state index in [0.29, 0.717) is 0 Å². The summed E-state index contributed by atoms with van der Waals surface area (Å²) in [5.74, 6) is 1.90. The van der Waals surface area contributed by atoms with Gasteiger partial charge >= 0.3 is 0 Å². The molecule has 4 rings (SSSR count). The molecule has 0 unspecified atom stereocenters. The minimum Gasteiger partial charge on any atom is -0.494 e. The fourth-order valence-corrected chi connectivity index (χ4v) is 4.28. The van der Waals surface area contributed by atoms with Crippen LogP contribution in [0.25, 0.3) is 10.8 Å². The van der Waals surface area contributed by atoms with E-state index in [4.69, 9.17) is 9.47 Å². The Morgan fingerprint density at radius 3 is 2.32 bits per heavy atom. The maximum atomic E-state index is 12.1. The van der Waals surface area contributed by atoms with Gasteiger partial charge in [0.05, 0.1) is 6.61 Å². The first-order valence-electron chi connectivity index (χ1n) is 11.6. The highest BCUT2D eigenvalue weighted by atomic mass is 16.5. The highest BCUT2D eigenvalue weighted by Crippen LogP contribution is 2.34. The smallest absolute Gasteiger partial charge is 0.186 e. The number of anilines is 1. The number of piperidine rings is 1. The molecule has 4 nitrogen and oxygen atoms in total. The Labute approximate surface area is 185 Å². The average molecular weight is 419 g/mol. The molecule has 1 fully saturated rings. The van der Waals surface area contributed by atoms with Crippen molar-refractivity contribution in [3.63, 3.8) is 0 Å². The van der Waals surface area contributed by atoms with Crippen LogP contribution in [0.2, 0.25) is 0 Å². The van der Waals surface area contributed by atoms with Gasteiger partial charge in [-0.15, -0.1) is 0 Å². The molecule has 1 heterocycles. The maximum absolute atomic E-state index is 12.1. The largest absolute Gasteiger partial charge is 0.494 e. The highest BCUT2D eigenvalue weighted by Gasteiger charge is 2.22. The van der Waals surface area contributed by atoms with E-state index in [2.05, 4.69) is 17.9 Å². The van der Waals surface area contributed by atoms with Gasteiger partial charge in [0, 0.05) is 42.4 Å². The summed E-state index contributed by atoms with van der Waals surface area (Å²) < 4.78 is 12.0. The molecule has 31 heavy (non-hydrogen) atoms. The molecule has 0 atom stereocenters. The fourth-order valence-electron chi connectivity index (χ4n) is 4.28. The second-order valence-corrected chi connectivity index (χ2v) is 8.31. The SMILES string of the molecule is CCCCCCOc1ccc(OC2CCN(c3cccc4c([O])cccc34)CC2)cc1. The van der Waals surface area contributed by atoms with Gasteiger partial charge < -0.3 is 14.4 Å². The fraction of sp³-hybridized carbons (Fsp3) is 0.407. The van der Waals surface area contributed by atoms with Gasteiger partial charge in [0.15, 0.2) is 5.75 Å². The lowest BCUT2D eigenvalue weighted by Crippen LogP contribution is -2.38. The lowest BCUT2D eigenvalue weighted by molar-refractivity contribution is 0.171. The molecule has 0 aromatic heterocycles. The Kier molecular flexibility index (Phi) is 7.18. The zero-order valence-corrected chi connectivity index (χ0v) is 18.4. The van der Waals surface area contributed by atoms with Gasteiger partial charge in [-0.05, 0) is 42.8 Å². The van der Waals surface area contributed by atoms with Crippen LogP contribution in [0.3, 0.4) is 0 Å². The molecule has 0 amide bonds. The van der Waals surface area contributed by atoms with Crippen molar-refractivity contribution in [3.05, 3.63) is 60.7 Å². The molecule has 1 saturated heterocycles. The van der Waals surface area contributed by atoms with E-state index in [1.807, 2.05) is 48.5 Å². The van der Waals surface area contributed by atoms with Gasteiger partial charge in [-0.1, -0.05) is 50.5 Å². The number of ether oxygens (including phenoxy) is 2. The van der Waals surface area contributed by atoms with Crippen LogP contribution in [0.5, 0.6) is 17.2 Å². The monoisotopic (exact) mass is 418 g/mol. The number of nitrogens with zero attached hydrogens (tertiary/aromatic N) is 1. The normalized spacial score (nSPS) is 14.7. The molecular weight excluding hydrogens is 386 g/mol. The Hall–Kier alpha value is -2.88. The topological polar surface area (TPSA) is 41.6 Å². The quantitative estimate of drug-likeness (QED) is 0.352. The number of rotatable bonds is 9. The Morgan fingerprint density at radius 2 is 1.55 bits per heavy atom. The van der Waals surface area contributed by atoms with Crippen molar-refractivity contribution in [1.82, 2.24) is 0 Å². The molecule has 163 valence electrons. The summed E-state index contributed by atoms with van der Waals surface area (Å²) in [6, 6.07) is 19.6. The van der Waals surface area contributed by atoms with Gasteiger partial charge in [0.2, 0.25) is 0 Å². The maximum Gasteiger partial charge on any atom is 0.186 e. The summed E-state index contributed by atoms with van der Waals surface area (Å²) in [6.45, 7) is 4.84. The second kappa shape index (κ2) is 10.4. The molecule has 4 heteroatoms. The standard InChI is InChI=1S/C27H32NO3/c1-2-3-4-5-20-30-21-12-14-22(15-13-21)31-23-16-18-28(19-17-23)26-10-6-9-25-24(26)8-7-11-27(25)29/h6-15,23H,2-5,16-20H2,1H3. The van der Waals surface area contributed by atoms with Crippen LogP contribution in [0.1, 0.15) is 45.4 Å². The molecule has 1 aliphatic rings. The van der Waals surface area contributed by atoms with E-state index >= 15 is 0 Å². The van der Waals surface area contributed by atoms with Crippen LogP contribution in [0.15, 0.2) is 60.7 Å². The summed E-state index contributed by atoms with van der Waals surface area (Å²) >= 11 is 0. The van der Waals surface area contributed by atoms with Crippen LogP contribution < -0.4 is 14.4 Å². The van der Waals surface area contributed by atoms with E-state index in [1.165, 1.54) is 19.3 Å². The number of benzene rings is 3. The minimum atomic E-state index is 0.0888. The summed E-state index contributed by atoms with van der Waals surface area (Å²) in [5.41, 5.74) is 1.15. The predicted octanol–water partition coefficient (Wildman–Crippen LogP) is 6.99. The van der Waals surface area contributed by atoms with Gasteiger partial charge in [-0.2, -0.15) is 0 Å². The van der Waals surface area contributed by atoms with Gasteiger partial charge in [0.25, 0.3) is 0 Å². The van der Waals surface area contributed by atoms with Crippen molar-refractivity contribution in [2.75, 3.05) is 24.6 Å². The van der Waals surface area contributed by atoms with Crippen molar-refractivity contribution in [2.45, 2.75) is 51.6 Å². The third-order valence-electron chi connectivity index (χ3n) is 6.03. The summed E-state index contributed by atoms with van der Waals surface area (Å²) in [6.07, 6.45) is 6.99. The van der Waals surface area contributed by atoms with E-state index in [1.54, 1.807) is 6.07 Å². The second-order valence-electron chi connectivity index (χ2n) is 8.31. The van der Waals surface area contributed by atoms with Crippen LogP contribution in [-0.4, -0.2) is 25.8 Å². The van der Waals surface area contributed by atoms with E-state index in [9.17, 15) is 5.11 Å². The molecule has 0 aliphatic carbocycles. The highest BCUT2D eigenvalue weighted by molar-refractivity contribution is 5.97. The van der Waals surface area contributed by atoms with E-state index < -0.39 is 0 Å². The van der Waals surface area contributed by atoms with E-state index in [-0.39, 0.29) is 11.9 Å². The molecular formula is C27H32NO3. The average Bonchev–Trinajstić information content (AvgIpc) is 2.81. The lowest BCUT2D eigenvalue weighted by Gasteiger charge is -2.34. The summed E-state index contributed by atoms with van der Waals surface area (Å²) in [4.78, 5) is 2.37. The van der Waals surface area contributed by atoms with Gasteiger partial charge in [-0.3, -0.25) is 5.11 Å². The number of unbranched alkanes of at least 4 members (excludes halogenated alkanes) is 3. The van der Waals surface area contributed by atoms with Crippen molar-refractivity contribution in [1.29, 1.82) is 0 Å².